The Morgan fingerprint density at radius 3 is 0.255 bits per heavy atom. The van der Waals surface area contributed by atoms with Crippen molar-refractivity contribution in [3.8, 4) is 0 Å². The van der Waals surface area contributed by atoms with Crippen LogP contribution >= 0.6 is 0 Å². The molecule has 0 saturated carbocycles. The minimum atomic E-state index is -0.903. The summed E-state index contributed by atoms with van der Waals surface area (Å²) in [6.45, 7) is 11.3. The van der Waals surface area contributed by atoms with Crippen molar-refractivity contribution in [3.05, 3.63) is 0 Å². The molecule has 0 unspecified atom stereocenters. The van der Waals surface area contributed by atoms with E-state index < -0.39 is 29.8 Å². The van der Waals surface area contributed by atoms with Gasteiger partial charge >= 0.3 is 49.3 Å². The van der Waals surface area contributed by atoms with Crippen LogP contribution in [0.15, 0.2) is 0 Å². The minimum absolute atomic E-state index is 0. The van der Waals surface area contributed by atoms with Crippen LogP contribution in [0.25, 0.3) is 0 Å². The quantitative estimate of drug-likeness (QED) is 0.0417. The van der Waals surface area contributed by atoms with Gasteiger partial charge in [-0.1, -0.05) is 484 Å². The number of carbonyl (C=O) groups excluding carboxylic acids is 5. The number of rotatable bonds is 80. The van der Waals surface area contributed by atoms with Crippen molar-refractivity contribution in [1.82, 2.24) is 0 Å². The van der Waals surface area contributed by atoms with Gasteiger partial charge in [-0.15, -0.1) is 0 Å². The third-order valence-electron chi connectivity index (χ3n) is 19.9. The van der Waals surface area contributed by atoms with Crippen molar-refractivity contribution in [2.75, 3.05) is 0 Å². The first kappa shape index (κ1) is 114. The zero-order valence-electron chi connectivity index (χ0n) is 69.3. The molecule has 0 N–H and O–H groups in total. The summed E-state index contributed by atoms with van der Waals surface area (Å²) in [5.41, 5.74) is 0. The number of unbranched alkanes of at least 4 members (excludes halogenated alkanes) is 70. The van der Waals surface area contributed by atoms with Crippen molar-refractivity contribution in [1.29, 1.82) is 0 Å². The number of carbonyl (C=O) groups is 5. The molecule has 0 aromatic carbocycles. The Morgan fingerprint density at radius 1 is 0.137 bits per heavy atom. The third kappa shape index (κ3) is 135. The van der Waals surface area contributed by atoms with Gasteiger partial charge in [0, 0.05) is 29.8 Å². The number of carboxylic acid groups (broad SMARTS) is 5. The van der Waals surface area contributed by atoms with Crippen molar-refractivity contribution in [2.24, 2.45) is 0 Å². The molecule has 0 spiro atoms. The molecule has 0 amide bonds. The fourth-order valence-electron chi connectivity index (χ4n) is 13.2. The van der Waals surface area contributed by atoms with Crippen LogP contribution in [0.1, 0.15) is 548 Å². The average Bonchev–Trinajstić information content (AvgIpc) is 3.77. The summed E-state index contributed by atoms with van der Waals surface area (Å²) in [5, 5.41) is 51.1. The summed E-state index contributed by atoms with van der Waals surface area (Å²) in [4.78, 5) is 51.1. The smallest absolute Gasteiger partial charge is 0.550 e. The van der Waals surface area contributed by atoms with E-state index in [1.54, 1.807) is 0 Å². The van der Waals surface area contributed by atoms with E-state index in [0.717, 1.165) is 64.2 Å². The van der Waals surface area contributed by atoms with Crippen LogP contribution in [0.2, 0.25) is 0 Å². The molecule has 0 aliphatic rings. The maximum absolute atomic E-state index is 10.2. The summed E-state index contributed by atoms with van der Waals surface area (Å²) >= 11 is 0. The second-order valence-electron chi connectivity index (χ2n) is 30.4. The molecular weight excluding hydrogens is 1470 g/mol. The molecule has 0 aromatic rings. The Kier molecular flexibility index (Phi) is 124. The number of aliphatic carboxylic acids is 5. The summed E-state index contributed by atoms with van der Waals surface area (Å²) in [5.74, 6) is -4.52. The molecule has 12 heteroatoms. The van der Waals surface area contributed by atoms with Crippen LogP contribution in [0.5, 0.6) is 0 Å². The second-order valence-corrected chi connectivity index (χ2v) is 30.4. The topological polar surface area (TPSA) is 201 Å². The van der Waals surface area contributed by atoms with Crippen molar-refractivity contribution >= 4 is 79.1 Å². The van der Waals surface area contributed by atoms with Gasteiger partial charge in [0.1, 0.15) is 0 Å². The summed E-state index contributed by atoms with van der Waals surface area (Å²) in [6.07, 6.45) is 99.3. The van der Waals surface area contributed by atoms with E-state index in [9.17, 15) is 49.5 Å². The van der Waals surface area contributed by atoms with E-state index in [1.165, 1.54) is 417 Å². The van der Waals surface area contributed by atoms with Gasteiger partial charge in [0.2, 0.25) is 0 Å². The molecule has 2 radical (unpaired) electrons. The minimum Gasteiger partial charge on any atom is -0.550 e. The Morgan fingerprint density at radius 2 is 0.196 bits per heavy atom. The Labute approximate surface area is 672 Å². The summed E-state index contributed by atoms with van der Waals surface area (Å²) in [7, 11) is 0. The van der Waals surface area contributed by atoms with Crippen LogP contribution in [0.4, 0.5) is 0 Å². The standard InChI is InChI=1S/5C18H36O2.Bi.Mg/c5*1-2-3-4-5-6-7-8-9-10-11-12-13-14-15-16-17-18(19)20;;/h5*2-17H2,1H3,(H,19,20);;/q;;;;;+3;+2/p-5. The average molecular weight is 1650 g/mol. The van der Waals surface area contributed by atoms with Gasteiger partial charge in [-0.2, -0.15) is 0 Å². The Balaban J connectivity index is -0.000000220. The molecule has 0 bridgehead atoms. The summed E-state index contributed by atoms with van der Waals surface area (Å²) in [6, 6.07) is 0. The van der Waals surface area contributed by atoms with E-state index in [4.69, 9.17) is 0 Å². The predicted molar refractivity (Wildman–Crippen MR) is 434 cm³/mol. The van der Waals surface area contributed by atoms with Gasteiger partial charge in [-0.05, 0) is 64.2 Å². The van der Waals surface area contributed by atoms with Gasteiger partial charge in [0.15, 0.2) is 0 Å². The van der Waals surface area contributed by atoms with E-state index in [0.29, 0.717) is 0 Å². The second kappa shape index (κ2) is 111. The van der Waals surface area contributed by atoms with Crippen LogP contribution in [-0.4, -0.2) is 79.1 Å². The van der Waals surface area contributed by atoms with Crippen molar-refractivity contribution in [2.45, 2.75) is 548 Å². The molecule has 0 aliphatic carbocycles. The Hall–Kier alpha value is -1.00. The molecule has 10 nitrogen and oxygen atoms in total. The summed E-state index contributed by atoms with van der Waals surface area (Å²) < 4.78 is 0. The van der Waals surface area contributed by atoms with Crippen molar-refractivity contribution in [3.63, 3.8) is 0 Å². The van der Waals surface area contributed by atoms with Crippen LogP contribution in [-0.2, 0) is 24.0 Å². The predicted octanol–water partition coefficient (Wildman–Crippen LogP) is 24.2. The van der Waals surface area contributed by atoms with E-state index in [-0.39, 0.29) is 81.4 Å². The van der Waals surface area contributed by atoms with Crippen LogP contribution in [0, 0.1) is 0 Å². The molecule has 602 valence electrons. The SMILES string of the molecule is CCCCCCCCCCCCCCCCCC(=O)[O-].CCCCCCCCCCCCCCCCCC(=O)[O-].CCCCCCCCCCCCCCCCCC(=O)[O-].CCCCCCCCCCCCCCCCCC(=O)[O-].CCCCCCCCCCCCCCCCCC(=O)[O-].[Bi+3].[Mg+2]. The third-order valence-corrected chi connectivity index (χ3v) is 19.9. The molecule has 0 fully saturated rings. The van der Waals surface area contributed by atoms with Gasteiger partial charge in [-0.25, -0.2) is 0 Å². The largest absolute Gasteiger partial charge is 3.00 e. The van der Waals surface area contributed by atoms with Gasteiger partial charge < -0.3 is 49.5 Å². The van der Waals surface area contributed by atoms with Gasteiger partial charge in [-0.3, -0.25) is 0 Å². The van der Waals surface area contributed by atoms with Gasteiger partial charge in [0.25, 0.3) is 0 Å². The Bertz CT molecular complexity index is 1280. The normalized spacial score (nSPS) is 10.6. The van der Waals surface area contributed by atoms with E-state index in [1.807, 2.05) is 0 Å². The van der Waals surface area contributed by atoms with Crippen LogP contribution < -0.4 is 25.5 Å². The number of hydrogen-bond acceptors (Lipinski definition) is 10. The molecule has 0 heterocycles. The van der Waals surface area contributed by atoms with Crippen molar-refractivity contribution < 1.29 is 49.5 Å². The van der Waals surface area contributed by atoms with E-state index >= 15 is 0 Å². The fourth-order valence-corrected chi connectivity index (χ4v) is 13.2. The first-order valence-electron chi connectivity index (χ1n) is 44.8. The molecule has 0 aliphatic heterocycles. The maximum Gasteiger partial charge on any atom is 3.00 e. The maximum atomic E-state index is 10.2. The van der Waals surface area contributed by atoms with Crippen LogP contribution in [0.3, 0.4) is 0 Å². The van der Waals surface area contributed by atoms with E-state index in [2.05, 4.69) is 34.6 Å². The first-order valence-corrected chi connectivity index (χ1v) is 44.8. The number of hydrogen-bond donors (Lipinski definition) is 0. The zero-order chi connectivity index (χ0) is 74.5. The zero-order valence-corrected chi connectivity index (χ0v) is 74.2. The molecular formula is C90H175BiMgO10. The fraction of sp³-hybridized carbons (Fsp3) is 0.944. The molecule has 0 atom stereocenters. The molecule has 0 saturated heterocycles. The van der Waals surface area contributed by atoms with Gasteiger partial charge in [0.05, 0.1) is 0 Å². The monoisotopic (exact) mass is 1650 g/mol. The molecule has 0 aromatic heterocycles. The molecule has 102 heavy (non-hydrogen) atoms. The molecule has 0 rings (SSSR count). The first-order chi connectivity index (χ1) is 48.9. The number of carboxylic acids is 5.